The molecule has 1 saturated heterocycles. The van der Waals surface area contributed by atoms with E-state index >= 15 is 0 Å². The van der Waals surface area contributed by atoms with Crippen LogP contribution in [-0.4, -0.2) is 60.4 Å². The number of hydrogen-bond donors (Lipinski definition) is 1. The molecule has 2 heterocycles. The normalized spacial score (nSPS) is 16.9. The van der Waals surface area contributed by atoms with Crippen molar-refractivity contribution in [2.24, 2.45) is 0 Å². The summed E-state index contributed by atoms with van der Waals surface area (Å²) < 4.78 is 5.81. The molecular formula is C23H27N3O2. The van der Waals surface area contributed by atoms with Gasteiger partial charge >= 0.3 is 0 Å². The van der Waals surface area contributed by atoms with Gasteiger partial charge in [-0.15, -0.1) is 0 Å². The number of rotatable bonds is 7. The molecular weight excluding hydrogens is 350 g/mol. The molecule has 0 aliphatic carbocycles. The zero-order valence-corrected chi connectivity index (χ0v) is 16.3. The Balaban J connectivity index is 1.25. The van der Waals surface area contributed by atoms with Crippen molar-refractivity contribution >= 4 is 17.2 Å². The van der Waals surface area contributed by atoms with Crippen molar-refractivity contribution in [3.8, 4) is 5.75 Å². The maximum absolute atomic E-state index is 10.7. The predicted octanol–water partition coefficient (Wildman–Crippen LogP) is 3.74. The largest absolute Gasteiger partial charge is 0.492 e. The van der Waals surface area contributed by atoms with Crippen molar-refractivity contribution in [2.75, 3.05) is 39.3 Å². The standard InChI is InChI=1S/C23H27N3O2/c1-18(22-16-24-23-5-3-2-4-21(22)23)26-12-10-25(11-13-26)14-15-28-20-8-6-19(17-27)7-9-20/h2-9,16-18,24H,10-15H2,1H3/t18-/m0/s1. The Hall–Kier alpha value is -2.63. The van der Waals surface area contributed by atoms with Crippen molar-refractivity contribution in [1.29, 1.82) is 0 Å². The van der Waals surface area contributed by atoms with Crippen molar-refractivity contribution in [1.82, 2.24) is 14.8 Å². The number of ether oxygens (including phenoxy) is 1. The van der Waals surface area contributed by atoms with Crippen LogP contribution in [0.1, 0.15) is 28.9 Å². The Morgan fingerprint density at radius 2 is 1.82 bits per heavy atom. The van der Waals surface area contributed by atoms with Gasteiger partial charge in [0.1, 0.15) is 18.6 Å². The first-order valence-corrected chi connectivity index (χ1v) is 9.95. The number of carbonyl (C=O) groups excluding carboxylic acids is 1. The van der Waals surface area contributed by atoms with E-state index in [1.807, 2.05) is 12.1 Å². The molecule has 5 nitrogen and oxygen atoms in total. The number of aldehydes is 1. The average molecular weight is 377 g/mol. The van der Waals surface area contributed by atoms with Crippen LogP contribution < -0.4 is 4.74 Å². The number of fused-ring (bicyclic) bond motifs is 1. The number of hydrogen-bond acceptors (Lipinski definition) is 4. The summed E-state index contributed by atoms with van der Waals surface area (Å²) in [5.41, 5.74) is 3.26. The minimum absolute atomic E-state index is 0.408. The number of nitrogens with zero attached hydrogens (tertiary/aromatic N) is 2. The second-order valence-electron chi connectivity index (χ2n) is 7.38. The molecule has 1 aliphatic rings. The number of piperazine rings is 1. The lowest BCUT2D eigenvalue weighted by molar-refractivity contribution is 0.0922. The summed E-state index contributed by atoms with van der Waals surface area (Å²) in [7, 11) is 0. The van der Waals surface area contributed by atoms with Gasteiger partial charge in [0.25, 0.3) is 0 Å². The van der Waals surface area contributed by atoms with Crippen LogP contribution in [0.3, 0.4) is 0 Å². The molecule has 0 bridgehead atoms. The van der Waals surface area contributed by atoms with Gasteiger partial charge < -0.3 is 9.72 Å². The van der Waals surface area contributed by atoms with E-state index in [4.69, 9.17) is 4.74 Å². The van der Waals surface area contributed by atoms with Gasteiger partial charge in [-0.2, -0.15) is 0 Å². The molecule has 3 aromatic rings. The monoisotopic (exact) mass is 377 g/mol. The molecule has 0 unspecified atom stereocenters. The van der Waals surface area contributed by atoms with E-state index in [1.165, 1.54) is 16.5 Å². The molecule has 5 heteroatoms. The van der Waals surface area contributed by atoms with E-state index < -0.39 is 0 Å². The van der Waals surface area contributed by atoms with Crippen LogP contribution in [0.15, 0.2) is 54.7 Å². The van der Waals surface area contributed by atoms with E-state index in [0.29, 0.717) is 18.2 Å². The molecule has 28 heavy (non-hydrogen) atoms. The van der Waals surface area contributed by atoms with Gasteiger partial charge in [-0.1, -0.05) is 18.2 Å². The third-order valence-corrected chi connectivity index (χ3v) is 5.72. The van der Waals surface area contributed by atoms with Crippen LogP contribution >= 0.6 is 0 Å². The number of para-hydroxylation sites is 1. The first-order chi connectivity index (χ1) is 13.7. The average Bonchev–Trinajstić information content (AvgIpc) is 3.18. The number of carbonyl (C=O) groups is 1. The van der Waals surface area contributed by atoms with E-state index in [0.717, 1.165) is 44.8 Å². The molecule has 1 atom stereocenters. The highest BCUT2D eigenvalue weighted by molar-refractivity contribution is 5.83. The number of nitrogens with one attached hydrogen (secondary N) is 1. The zero-order chi connectivity index (χ0) is 19.3. The van der Waals surface area contributed by atoms with E-state index in [-0.39, 0.29) is 0 Å². The summed E-state index contributed by atoms with van der Waals surface area (Å²) in [5.74, 6) is 0.817. The summed E-state index contributed by atoms with van der Waals surface area (Å²) in [6.45, 7) is 8.13. The topological polar surface area (TPSA) is 48.6 Å². The number of aromatic amines is 1. The molecule has 0 amide bonds. The van der Waals surface area contributed by atoms with Gasteiger partial charge in [0.05, 0.1) is 0 Å². The van der Waals surface area contributed by atoms with Crippen molar-refractivity contribution in [3.63, 3.8) is 0 Å². The Kier molecular flexibility index (Phi) is 5.74. The minimum Gasteiger partial charge on any atom is -0.492 e. The summed E-state index contributed by atoms with van der Waals surface area (Å²) in [6.07, 6.45) is 3.01. The highest BCUT2D eigenvalue weighted by atomic mass is 16.5. The zero-order valence-electron chi connectivity index (χ0n) is 16.3. The van der Waals surface area contributed by atoms with Crippen LogP contribution in [0.25, 0.3) is 10.9 Å². The third-order valence-electron chi connectivity index (χ3n) is 5.72. The Morgan fingerprint density at radius 1 is 1.07 bits per heavy atom. The van der Waals surface area contributed by atoms with E-state index in [2.05, 4.69) is 52.2 Å². The fourth-order valence-corrected chi connectivity index (χ4v) is 3.95. The van der Waals surface area contributed by atoms with Gasteiger partial charge in [0, 0.05) is 61.4 Å². The molecule has 0 radical (unpaired) electrons. The fraction of sp³-hybridized carbons (Fsp3) is 0.348. The minimum atomic E-state index is 0.408. The Bertz CT molecular complexity index is 911. The first kappa shape index (κ1) is 18.7. The first-order valence-electron chi connectivity index (χ1n) is 9.95. The van der Waals surface area contributed by atoms with Crippen molar-refractivity contribution in [3.05, 3.63) is 65.9 Å². The van der Waals surface area contributed by atoms with Crippen LogP contribution in [0.4, 0.5) is 0 Å². The maximum Gasteiger partial charge on any atom is 0.150 e. The number of H-pyrrole nitrogens is 1. The van der Waals surface area contributed by atoms with Gasteiger partial charge in [-0.05, 0) is 42.8 Å². The summed E-state index contributed by atoms with van der Waals surface area (Å²) in [4.78, 5) is 19.1. The van der Waals surface area contributed by atoms with E-state index in [9.17, 15) is 4.79 Å². The lowest BCUT2D eigenvalue weighted by Crippen LogP contribution is -2.48. The third kappa shape index (κ3) is 4.11. The van der Waals surface area contributed by atoms with Crippen LogP contribution in [0, 0.1) is 0 Å². The van der Waals surface area contributed by atoms with Crippen LogP contribution in [0.2, 0.25) is 0 Å². The molecule has 146 valence electrons. The highest BCUT2D eigenvalue weighted by Gasteiger charge is 2.23. The number of aromatic nitrogens is 1. The van der Waals surface area contributed by atoms with Crippen LogP contribution in [0.5, 0.6) is 5.75 Å². The van der Waals surface area contributed by atoms with Crippen molar-refractivity contribution < 1.29 is 9.53 Å². The summed E-state index contributed by atoms with van der Waals surface area (Å²) in [5, 5.41) is 1.33. The quantitative estimate of drug-likeness (QED) is 0.637. The lowest BCUT2D eigenvalue weighted by atomic mass is 10.1. The SMILES string of the molecule is C[C@@H](c1c[nH]c2ccccc12)N1CCN(CCOc2ccc(C=O)cc2)CC1. The second kappa shape index (κ2) is 8.59. The maximum atomic E-state index is 10.7. The van der Waals surface area contributed by atoms with Gasteiger partial charge in [-0.25, -0.2) is 0 Å². The second-order valence-corrected chi connectivity index (χ2v) is 7.38. The van der Waals surface area contributed by atoms with Crippen molar-refractivity contribution in [2.45, 2.75) is 13.0 Å². The molecule has 1 aromatic heterocycles. The molecule has 0 spiro atoms. The molecule has 1 fully saturated rings. The van der Waals surface area contributed by atoms with E-state index in [1.54, 1.807) is 12.1 Å². The Labute approximate surface area is 165 Å². The smallest absolute Gasteiger partial charge is 0.150 e. The lowest BCUT2D eigenvalue weighted by Gasteiger charge is -2.38. The summed E-state index contributed by atoms with van der Waals surface area (Å²) in [6, 6.07) is 16.2. The molecule has 1 aliphatic heterocycles. The highest BCUT2D eigenvalue weighted by Crippen LogP contribution is 2.28. The van der Waals surface area contributed by atoms with Crippen LogP contribution in [-0.2, 0) is 0 Å². The number of benzene rings is 2. The predicted molar refractivity (Wildman–Crippen MR) is 112 cm³/mol. The fourth-order valence-electron chi connectivity index (χ4n) is 3.95. The van der Waals surface area contributed by atoms with Gasteiger partial charge in [-0.3, -0.25) is 14.6 Å². The van der Waals surface area contributed by atoms with Gasteiger partial charge in [0.15, 0.2) is 0 Å². The molecule has 0 saturated carbocycles. The molecule has 2 aromatic carbocycles. The Morgan fingerprint density at radius 3 is 2.57 bits per heavy atom. The molecule has 1 N–H and O–H groups in total. The van der Waals surface area contributed by atoms with Gasteiger partial charge in [0.2, 0.25) is 0 Å². The summed E-state index contributed by atoms with van der Waals surface area (Å²) >= 11 is 0. The molecule has 4 rings (SSSR count).